The van der Waals surface area contributed by atoms with Gasteiger partial charge in [0, 0.05) is 24.9 Å². The first-order valence-electron chi connectivity index (χ1n) is 12.4. The lowest BCUT2D eigenvalue weighted by atomic mass is 9.93. The molecule has 2 aromatic carbocycles. The molecule has 0 bridgehead atoms. The maximum Gasteiger partial charge on any atom is 0.407 e. The quantitative estimate of drug-likeness (QED) is 0.399. The van der Waals surface area contributed by atoms with Gasteiger partial charge in [0.05, 0.1) is 6.42 Å². The number of amides is 2. The molecular weight excluding hydrogens is 444 g/mol. The predicted molar refractivity (Wildman–Crippen MR) is 135 cm³/mol. The van der Waals surface area contributed by atoms with Gasteiger partial charge in [0.15, 0.2) is 0 Å². The van der Waals surface area contributed by atoms with E-state index in [4.69, 9.17) is 9.84 Å². The summed E-state index contributed by atoms with van der Waals surface area (Å²) in [5, 5.41) is 14.6. The maximum atomic E-state index is 12.5. The van der Waals surface area contributed by atoms with Crippen LogP contribution >= 0.6 is 0 Å². The van der Waals surface area contributed by atoms with Crippen LogP contribution in [0.25, 0.3) is 11.1 Å². The Hall–Kier alpha value is -3.35. The molecule has 2 amide bonds. The van der Waals surface area contributed by atoms with Gasteiger partial charge in [0.25, 0.3) is 0 Å². The molecule has 7 heteroatoms. The molecule has 188 valence electrons. The summed E-state index contributed by atoms with van der Waals surface area (Å²) in [6.45, 7) is 6.54. The van der Waals surface area contributed by atoms with Crippen LogP contribution in [0.1, 0.15) is 63.5 Å². The zero-order chi connectivity index (χ0) is 25.4. The van der Waals surface area contributed by atoms with Crippen molar-refractivity contribution in [2.24, 2.45) is 11.8 Å². The largest absolute Gasteiger partial charge is 0.481 e. The number of carbonyl (C=O) groups is 3. The molecule has 0 aromatic heterocycles. The number of fused-ring (bicyclic) bond motifs is 3. The van der Waals surface area contributed by atoms with Crippen molar-refractivity contribution < 1.29 is 24.2 Å². The van der Waals surface area contributed by atoms with Crippen molar-refractivity contribution in [3.05, 3.63) is 59.7 Å². The van der Waals surface area contributed by atoms with Gasteiger partial charge in [-0.3, -0.25) is 9.59 Å². The van der Waals surface area contributed by atoms with Crippen molar-refractivity contribution in [2.45, 2.75) is 58.4 Å². The van der Waals surface area contributed by atoms with Gasteiger partial charge in [-0.1, -0.05) is 69.3 Å². The van der Waals surface area contributed by atoms with Gasteiger partial charge in [0.1, 0.15) is 6.61 Å². The van der Waals surface area contributed by atoms with Crippen LogP contribution in [0.5, 0.6) is 0 Å². The highest BCUT2D eigenvalue weighted by atomic mass is 16.5. The Morgan fingerprint density at radius 1 is 0.971 bits per heavy atom. The smallest absolute Gasteiger partial charge is 0.407 e. The van der Waals surface area contributed by atoms with E-state index in [2.05, 4.69) is 48.7 Å². The van der Waals surface area contributed by atoms with Gasteiger partial charge in [-0.25, -0.2) is 4.79 Å². The minimum atomic E-state index is -0.937. The van der Waals surface area contributed by atoms with Gasteiger partial charge < -0.3 is 20.5 Å². The molecule has 35 heavy (non-hydrogen) atoms. The van der Waals surface area contributed by atoms with E-state index < -0.39 is 18.1 Å². The first-order chi connectivity index (χ1) is 16.8. The molecule has 3 rings (SSSR count). The van der Waals surface area contributed by atoms with Crippen LogP contribution < -0.4 is 10.6 Å². The summed E-state index contributed by atoms with van der Waals surface area (Å²) in [6, 6.07) is 16.0. The van der Waals surface area contributed by atoms with Gasteiger partial charge in [-0.2, -0.15) is 0 Å². The van der Waals surface area contributed by atoms with Crippen LogP contribution in [0.2, 0.25) is 0 Å². The summed E-state index contributed by atoms with van der Waals surface area (Å²) in [5.41, 5.74) is 4.66. The Bertz CT molecular complexity index is 990. The zero-order valence-electron chi connectivity index (χ0n) is 20.8. The predicted octanol–water partition coefficient (Wildman–Crippen LogP) is 4.95. The lowest BCUT2D eigenvalue weighted by molar-refractivity contribution is -0.137. The van der Waals surface area contributed by atoms with Crippen LogP contribution in [0.15, 0.2) is 48.5 Å². The van der Waals surface area contributed by atoms with Crippen molar-refractivity contribution in [1.29, 1.82) is 0 Å². The molecule has 0 spiro atoms. The Morgan fingerprint density at radius 2 is 1.57 bits per heavy atom. The van der Waals surface area contributed by atoms with E-state index in [0.29, 0.717) is 18.9 Å². The lowest BCUT2D eigenvalue weighted by Gasteiger charge is -2.21. The molecule has 0 radical (unpaired) electrons. The molecule has 2 aromatic rings. The number of hydrogen-bond acceptors (Lipinski definition) is 4. The van der Waals surface area contributed by atoms with Crippen molar-refractivity contribution in [3.8, 4) is 11.1 Å². The van der Waals surface area contributed by atoms with Crippen molar-refractivity contribution in [1.82, 2.24) is 10.6 Å². The maximum absolute atomic E-state index is 12.5. The summed E-state index contributed by atoms with van der Waals surface area (Å²) in [6.07, 6.45) is 0.920. The van der Waals surface area contributed by atoms with E-state index >= 15 is 0 Å². The first-order valence-corrected chi connectivity index (χ1v) is 12.4. The van der Waals surface area contributed by atoms with E-state index in [9.17, 15) is 14.4 Å². The van der Waals surface area contributed by atoms with E-state index in [1.165, 1.54) is 11.1 Å². The fraction of sp³-hybridized carbons (Fsp3) is 0.464. The number of alkyl carbamates (subject to hydrolysis) is 1. The molecule has 2 atom stereocenters. The molecule has 0 saturated carbocycles. The molecule has 1 aliphatic rings. The summed E-state index contributed by atoms with van der Waals surface area (Å²) in [7, 11) is 0. The number of hydrogen-bond donors (Lipinski definition) is 3. The highest BCUT2D eigenvalue weighted by Gasteiger charge is 2.29. The third-order valence-electron chi connectivity index (χ3n) is 6.44. The molecule has 0 aliphatic heterocycles. The Kier molecular flexibility index (Phi) is 9.29. The molecule has 0 heterocycles. The molecule has 3 N–H and O–H groups in total. The minimum Gasteiger partial charge on any atom is -0.481 e. The fourth-order valence-electron chi connectivity index (χ4n) is 4.84. The average Bonchev–Trinajstić information content (AvgIpc) is 3.14. The van der Waals surface area contributed by atoms with Gasteiger partial charge in [0.2, 0.25) is 5.91 Å². The number of aliphatic carboxylic acids is 1. The highest BCUT2D eigenvalue weighted by Crippen LogP contribution is 2.44. The SMILES string of the molecule is CCC(CC(=O)O)NC(=O)C[C@@H](CNC(=O)OCC1c2ccccc2-c2ccccc21)CC(C)C. The van der Waals surface area contributed by atoms with Crippen molar-refractivity contribution >= 4 is 18.0 Å². The topological polar surface area (TPSA) is 105 Å². The second kappa shape index (κ2) is 12.4. The zero-order valence-corrected chi connectivity index (χ0v) is 20.8. The third-order valence-corrected chi connectivity index (χ3v) is 6.44. The number of carbonyl (C=O) groups excluding carboxylic acids is 2. The summed E-state index contributed by atoms with van der Waals surface area (Å²) in [4.78, 5) is 36.0. The Balaban J connectivity index is 1.54. The fourth-order valence-corrected chi connectivity index (χ4v) is 4.84. The Morgan fingerprint density at radius 3 is 2.11 bits per heavy atom. The van der Waals surface area contributed by atoms with E-state index in [0.717, 1.165) is 17.5 Å². The molecule has 1 aliphatic carbocycles. The third kappa shape index (κ3) is 7.31. The van der Waals surface area contributed by atoms with E-state index in [1.54, 1.807) is 0 Å². The van der Waals surface area contributed by atoms with Crippen LogP contribution in [0.3, 0.4) is 0 Å². The summed E-state index contributed by atoms with van der Waals surface area (Å²) < 4.78 is 5.61. The second-order valence-corrected chi connectivity index (χ2v) is 9.68. The number of benzene rings is 2. The highest BCUT2D eigenvalue weighted by molar-refractivity contribution is 5.79. The average molecular weight is 481 g/mol. The molecular formula is C28H36N2O5. The summed E-state index contributed by atoms with van der Waals surface area (Å²) in [5.74, 6) is -0.868. The van der Waals surface area contributed by atoms with E-state index in [1.807, 2.05) is 31.2 Å². The van der Waals surface area contributed by atoms with Gasteiger partial charge in [-0.15, -0.1) is 0 Å². The normalized spacial score (nSPS) is 14.1. The number of ether oxygens (including phenoxy) is 1. The molecule has 7 nitrogen and oxygen atoms in total. The number of nitrogens with one attached hydrogen (secondary N) is 2. The second-order valence-electron chi connectivity index (χ2n) is 9.68. The minimum absolute atomic E-state index is 0.00870. The van der Waals surface area contributed by atoms with Crippen LogP contribution in [0.4, 0.5) is 4.79 Å². The van der Waals surface area contributed by atoms with Crippen LogP contribution in [-0.4, -0.2) is 42.3 Å². The van der Waals surface area contributed by atoms with Gasteiger partial charge in [-0.05, 0) is 46.9 Å². The van der Waals surface area contributed by atoms with Crippen molar-refractivity contribution in [2.75, 3.05) is 13.2 Å². The standard InChI is InChI=1S/C28H36N2O5/c1-4-20(15-27(32)33)30-26(31)14-19(13-18(2)3)16-29-28(34)35-17-25-23-11-7-5-9-21(23)22-10-6-8-12-24(22)25/h5-12,18-20,25H,4,13-17H2,1-3H3,(H,29,34)(H,30,31)(H,32,33)/t19-,20?/m0/s1. The first kappa shape index (κ1) is 26.3. The molecule has 0 saturated heterocycles. The summed E-state index contributed by atoms with van der Waals surface area (Å²) >= 11 is 0. The molecule has 0 fully saturated rings. The van der Waals surface area contributed by atoms with E-state index in [-0.39, 0.29) is 37.2 Å². The van der Waals surface area contributed by atoms with Crippen LogP contribution in [0, 0.1) is 11.8 Å². The monoisotopic (exact) mass is 480 g/mol. The number of carboxylic acids is 1. The molecule has 1 unspecified atom stereocenters. The van der Waals surface area contributed by atoms with Crippen LogP contribution in [-0.2, 0) is 14.3 Å². The Labute approximate surface area is 207 Å². The number of carboxylic acid groups (broad SMARTS) is 1. The lowest BCUT2D eigenvalue weighted by Crippen LogP contribution is -2.39. The van der Waals surface area contributed by atoms with Gasteiger partial charge >= 0.3 is 12.1 Å². The number of rotatable bonds is 12. The van der Waals surface area contributed by atoms with Crippen molar-refractivity contribution in [3.63, 3.8) is 0 Å².